The number of benzene rings is 2. The lowest BCUT2D eigenvalue weighted by molar-refractivity contribution is -0.137. The highest BCUT2D eigenvalue weighted by Gasteiger charge is 2.32. The molecule has 1 aliphatic heterocycles. The normalized spacial score (nSPS) is 14.7. The molecule has 328 valence electrons. The number of aryl methyl sites for hydroxylation is 1. The second-order valence-electron chi connectivity index (χ2n) is 16.8. The minimum absolute atomic E-state index is 0.0654. The number of nitrogens with zero attached hydrogens (tertiary/aromatic N) is 9. The van der Waals surface area contributed by atoms with Gasteiger partial charge >= 0.3 is 0 Å². The van der Waals surface area contributed by atoms with Gasteiger partial charge in [0.2, 0.25) is 11.8 Å². The van der Waals surface area contributed by atoms with Gasteiger partial charge < -0.3 is 19.5 Å². The van der Waals surface area contributed by atoms with E-state index in [1.54, 1.807) is 29.4 Å². The monoisotopic (exact) mass is 861 g/mol. The third-order valence-electron chi connectivity index (χ3n) is 12.3. The Bertz CT molecular complexity index is 2770. The predicted octanol–water partition coefficient (Wildman–Crippen LogP) is 7.82. The fraction of sp³-hybridized carbons (Fsp3) is 0.347. The largest absolute Gasteiger partial charge is 0.380 e. The summed E-state index contributed by atoms with van der Waals surface area (Å²) in [7, 11) is 0. The van der Waals surface area contributed by atoms with Crippen LogP contribution in [0.5, 0.6) is 0 Å². The fourth-order valence-electron chi connectivity index (χ4n) is 9.05. The van der Waals surface area contributed by atoms with E-state index in [-0.39, 0.29) is 36.1 Å². The van der Waals surface area contributed by atoms with Gasteiger partial charge in [-0.3, -0.25) is 24.6 Å². The van der Waals surface area contributed by atoms with Crippen molar-refractivity contribution < 1.29 is 18.7 Å². The molecule has 15 heteroatoms. The summed E-state index contributed by atoms with van der Waals surface area (Å²) in [6.07, 6.45) is 11.9. The summed E-state index contributed by atoms with van der Waals surface area (Å²) < 4.78 is 22.7. The lowest BCUT2D eigenvalue weighted by Gasteiger charge is -2.36. The van der Waals surface area contributed by atoms with Crippen molar-refractivity contribution in [2.24, 2.45) is 5.92 Å². The molecule has 0 spiro atoms. The number of anilines is 2. The van der Waals surface area contributed by atoms with Gasteiger partial charge in [-0.1, -0.05) is 38.1 Å². The van der Waals surface area contributed by atoms with Crippen LogP contribution in [0.15, 0.2) is 91.6 Å². The van der Waals surface area contributed by atoms with Crippen molar-refractivity contribution in [2.45, 2.75) is 71.9 Å². The zero-order valence-corrected chi connectivity index (χ0v) is 36.4. The summed E-state index contributed by atoms with van der Waals surface area (Å²) >= 11 is 0. The zero-order chi connectivity index (χ0) is 44.2. The molecule has 2 amide bonds. The molecule has 2 N–H and O–H groups in total. The van der Waals surface area contributed by atoms with E-state index in [1.807, 2.05) is 51.2 Å². The first-order valence-corrected chi connectivity index (χ1v) is 22.1. The van der Waals surface area contributed by atoms with Crippen LogP contribution in [-0.2, 0) is 33.7 Å². The van der Waals surface area contributed by atoms with E-state index in [0.717, 1.165) is 72.0 Å². The SMILES string of the molecule is Cc1nc(-c2nc[nH]n2)ccc1-c1cnc2c(n1)N(CCOCCCCCN(C(=O)C(C)C)[C@@H]1CCc3c(c4cc(-c5cccnc5)ccc4n3Cc3cccc(F)c3)C1)C(=O)CN2. The van der Waals surface area contributed by atoms with Crippen LogP contribution >= 0.6 is 0 Å². The number of halogens is 1. The molecule has 2 aromatic carbocycles. The Kier molecular flexibility index (Phi) is 12.5. The van der Waals surface area contributed by atoms with Gasteiger partial charge in [-0.15, -0.1) is 0 Å². The summed E-state index contributed by atoms with van der Waals surface area (Å²) in [6, 6.07) is 21.2. The maximum absolute atomic E-state index is 14.3. The van der Waals surface area contributed by atoms with Crippen LogP contribution in [-0.4, -0.2) is 95.3 Å². The van der Waals surface area contributed by atoms with Gasteiger partial charge in [0.1, 0.15) is 17.8 Å². The molecule has 0 fully saturated rings. The number of amides is 2. The van der Waals surface area contributed by atoms with Gasteiger partial charge in [-0.25, -0.2) is 24.3 Å². The molecule has 0 saturated carbocycles. The van der Waals surface area contributed by atoms with E-state index in [0.29, 0.717) is 61.7 Å². The molecular formula is C49H52FN11O3. The van der Waals surface area contributed by atoms with Crippen LogP contribution in [0, 0.1) is 18.7 Å². The van der Waals surface area contributed by atoms with E-state index < -0.39 is 0 Å². The van der Waals surface area contributed by atoms with Crippen molar-refractivity contribution in [2.75, 3.05) is 43.1 Å². The van der Waals surface area contributed by atoms with Crippen LogP contribution in [0.2, 0.25) is 0 Å². The summed E-state index contributed by atoms with van der Waals surface area (Å²) in [6.45, 7) is 8.45. The molecule has 1 atom stereocenters. The van der Waals surface area contributed by atoms with Crippen molar-refractivity contribution in [1.82, 2.24) is 44.6 Å². The minimum Gasteiger partial charge on any atom is -0.380 e. The maximum Gasteiger partial charge on any atom is 0.247 e. The van der Waals surface area contributed by atoms with Crippen molar-refractivity contribution >= 4 is 34.4 Å². The molecular weight excluding hydrogens is 810 g/mol. The first-order chi connectivity index (χ1) is 31.2. The van der Waals surface area contributed by atoms with Crippen molar-refractivity contribution in [3.05, 3.63) is 120 Å². The van der Waals surface area contributed by atoms with E-state index >= 15 is 0 Å². The third-order valence-corrected chi connectivity index (χ3v) is 12.3. The first-order valence-electron chi connectivity index (χ1n) is 22.1. The van der Waals surface area contributed by atoms with Crippen LogP contribution in [0.25, 0.3) is 44.8 Å². The number of aromatic nitrogens is 8. The van der Waals surface area contributed by atoms with Crippen molar-refractivity contribution in [1.29, 1.82) is 0 Å². The number of unbranched alkanes of at least 4 members (excludes halogenated alkanes) is 2. The van der Waals surface area contributed by atoms with Crippen LogP contribution in [0.3, 0.4) is 0 Å². The summed E-state index contributed by atoms with van der Waals surface area (Å²) in [5, 5.41) is 11.1. The minimum atomic E-state index is -0.240. The van der Waals surface area contributed by atoms with E-state index in [2.05, 4.69) is 69.2 Å². The van der Waals surface area contributed by atoms with Crippen LogP contribution in [0.1, 0.15) is 62.0 Å². The smallest absolute Gasteiger partial charge is 0.247 e. The molecule has 1 aliphatic carbocycles. The molecule has 0 unspecified atom stereocenters. The molecule has 2 aliphatic rings. The Morgan fingerprint density at radius 2 is 1.88 bits per heavy atom. The molecule has 7 aromatic rings. The number of nitrogens with one attached hydrogen (secondary N) is 2. The number of rotatable bonds is 16. The maximum atomic E-state index is 14.3. The number of H-pyrrole nitrogens is 1. The Morgan fingerprint density at radius 1 is 0.969 bits per heavy atom. The van der Waals surface area contributed by atoms with Crippen LogP contribution in [0.4, 0.5) is 16.0 Å². The standard InChI is InChI=1S/C49H52FN11O3/c1-31(2)49(63)59(37-13-17-44-40(25-37)39-24-34(35-10-8-18-51-26-35)12-16-43(39)61(44)29-33-9-7-11-36(50)23-33)19-5-4-6-21-64-22-20-60-45(62)28-53-47-48(60)57-42(27-52-47)38-14-15-41(56-32(38)3)46-54-30-55-58-46/h7-12,14-16,18,23-24,26-27,30-31,37H,4-6,13,17,19-22,25,28-29H2,1-3H3,(H,52,53)(H,54,55,58)/t37-/m1/s1. The number of hydrogen-bond acceptors (Lipinski definition) is 10. The predicted molar refractivity (Wildman–Crippen MR) is 244 cm³/mol. The number of ether oxygens (including phenoxy) is 1. The second kappa shape index (κ2) is 18.9. The molecule has 0 bridgehead atoms. The van der Waals surface area contributed by atoms with E-state index in [1.165, 1.54) is 29.0 Å². The second-order valence-corrected chi connectivity index (χ2v) is 16.8. The summed E-state index contributed by atoms with van der Waals surface area (Å²) in [5.41, 5.74) is 9.48. The number of hydrogen-bond donors (Lipinski definition) is 2. The van der Waals surface area contributed by atoms with E-state index in [4.69, 9.17) is 9.72 Å². The van der Waals surface area contributed by atoms with Gasteiger partial charge in [0.15, 0.2) is 17.5 Å². The number of carbonyl (C=O) groups is 2. The van der Waals surface area contributed by atoms with Crippen molar-refractivity contribution in [3.8, 4) is 33.9 Å². The average molecular weight is 862 g/mol. The average Bonchev–Trinajstić information content (AvgIpc) is 3.96. The zero-order valence-electron chi connectivity index (χ0n) is 36.4. The van der Waals surface area contributed by atoms with Gasteiger partial charge in [-0.2, -0.15) is 5.10 Å². The third kappa shape index (κ3) is 8.98. The number of fused-ring (bicyclic) bond motifs is 4. The number of carbonyl (C=O) groups excluding carboxylic acids is 2. The number of pyridine rings is 2. The highest BCUT2D eigenvalue weighted by molar-refractivity contribution is 6.01. The van der Waals surface area contributed by atoms with Crippen LogP contribution < -0.4 is 10.2 Å². The van der Waals surface area contributed by atoms with Crippen molar-refractivity contribution in [3.63, 3.8) is 0 Å². The first kappa shape index (κ1) is 42.4. The molecule has 14 nitrogen and oxygen atoms in total. The lowest BCUT2D eigenvalue weighted by Crippen LogP contribution is -2.45. The topological polar surface area (TPSA) is 160 Å². The highest BCUT2D eigenvalue weighted by Crippen LogP contribution is 2.37. The summed E-state index contributed by atoms with van der Waals surface area (Å²) in [4.78, 5) is 53.4. The number of aromatic amines is 1. The highest BCUT2D eigenvalue weighted by atomic mass is 19.1. The molecule has 5 aromatic heterocycles. The Hall–Kier alpha value is -6.87. The van der Waals surface area contributed by atoms with Gasteiger partial charge in [0, 0.05) is 77.5 Å². The fourth-order valence-corrected chi connectivity index (χ4v) is 9.05. The van der Waals surface area contributed by atoms with Gasteiger partial charge in [0.25, 0.3) is 0 Å². The Morgan fingerprint density at radius 3 is 2.67 bits per heavy atom. The van der Waals surface area contributed by atoms with E-state index in [9.17, 15) is 14.0 Å². The van der Waals surface area contributed by atoms with Gasteiger partial charge in [0.05, 0.1) is 31.6 Å². The Labute approximate surface area is 371 Å². The lowest BCUT2D eigenvalue weighted by atomic mass is 9.89. The van der Waals surface area contributed by atoms with Gasteiger partial charge in [-0.05, 0) is 105 Å². The molecule has 64 heavy (non-hydrogen) atoms. The molecule has 0 saturated heterocycles. The molecule has 6 heterocycles. The molecule has 0 radical (unpaired) electrons. The molecule has 9 rings (SSSR count). The quantitative estimate of drug-likeness (QED) is 0.0918. The Balaban J connectivity index is 0.824. The summed E-state index contributed by atoms with van der Waals surface area (Å²) in [5.74, 6) is 1.22.